The summed E-state index contributed by atoms with van der Waals surface area (Å²) in [6.07, 6.45) is 3.32. The first-order chi connectivity index (χ1) is 7.22. The largest absolute Gasteiger partial charge is 0.385 e. The number of amides is 1. The molecule has 0 fully saturated rings. The van der Waals surface area contributed by atoms with Gasteiger partial charge in [0.2, 0.25) is 5.91 Å². The third-order valence-corrected chi connectivity index (χ3v) is 2.13. The molecule has 0 heterocycles. The van der Waals surface area contributed by atoms with E-state index in [1.807, 2.05) is 0 Å². The number of ether oxygens (including phenoxy) is 1. The standard InChI is InChI=1S/C10H23N3O2/c1-15-8-4-5-9(12)10(14)13-7-3-2-6-11/h9H,2-8,11-12H2,1H3,(H,13,14). The number of methoxy groups -OCH3 is 1. The van der Waals surface area contributed by atoms with E-state index in [0.717, 1.165) is 19.3 Å². The second-order valence-electron chi connectivity index (χ2n) is 3.53. The van der Waals surface area contributed by atoms with Crippen LogP contribution in [0.4, 0.5) is 0 Å². The minimum Gasteiger partial charge on any atom is -0.385 e. The van der Waals surface area contributed by atoms with Crippen LogP contribution in [0.5, 0.6) is 0 Å². The summed E-state index contributed by atoms with van der Waals surface area (Å²) < 4.78 is 4.88. The van der Waals surface area contributed by atoms with Crippen molar-refractivity contribution in [1.82, 2.24) is 5.32 Å². The van der Waals surface area contributed by atoms with E-state index in [0.29, 0.717) is 26.1 Å². The second kappa shape index (κ2) is 9.89. The third kappa shape index (κ3) is 8.35. The van der Waals surface area contributed by atoms with Crippen LogP contribution in [0, 0.1) is 0 Å². The van der Waals surface area contributed by atoms with Crippen molar-refractivity contribution in [3.63, 3.8) is 0 Å². The molecule has 0 radical (unpaired) electrons. The molecule has 90 valence electrons. The molecule has 0 aliphatic heterocycles. The van der Waals surface area contributed by atoms with E-state index in [4.69, 9.17) is 16.2 Å². The third-order valence-electron chi connectivity index (χ3n) is 2.13. The molecule has 15 heavy (non-hydrogen) atoms. The number of carbonyl (C=O) groups excluding carboxylic acids is 1. The van der Waals surface area contributed by atoms with Gasteiger partial charge in [0.1, 0.15) is 0 Å². The first-order valence-electron chi connectivity index (χ1n) is 5.44. The SMILES string of the molecule is COCCCC(N)C(=O)NCCCCN. The highest BCUT2D eigenvalue weighted by Gasteiger charge is 2.11. The van der Waals surface area contributed by atoms with Crippen LogP contribution in [0.3, 0.4) is 0 Å². The molecular weight excluding hydrogens is 194 g/mol. The van der Waals surface area contributed by atoms with Crippen LogP contribution in [-0.2, 0) is 9.53 Å². The van der Waals surface area contributed by atoms with Crippen molar-refractivity contribution in [2.24, 2.45) is 11.5 Å². The normalized spacial score (nSPS) is 12.5. The smallest absolute Gasteiger partial charge is 0.236 e. The predicted molar refractivity (Wildman–Crippen MR) is 60.4 cm³/mol. The molecule has 5 N–H and O–H groups in total. The fourth-order valence-corrected chi connectivity index (χ4v) is 1.19. The topological polar surface area (TPSA) is 90.4 Å². The van der Waals surface area contributed by atoms with Gasteiger partial charge in [-0.3, -0.25) is 4.79 Å². The molecule has 0 rings (SSSR count). The number of rotatable bonds is 9. The van der Waals surface area contributed by atoms with Crippen molar-refractivity contribution < 1.29 is 9.53 Å². The summed E-state index contributed by atoms with van der Waals surface area (Å²) in [5, 5.41) is 2.78. The Morgan fingerprint density at radius 3 is 2.73 bits per heavy atom. The highest BCUT2D eigenvalue weighted by Crippen LogP contribution is 1.95. The van der Waals surface area contributed by atoms with Crippen molar-refractivity contribution >= 4 is 5.91 Å². The van der Waals surface area contributed by atoms with Crippen molar-refractivity contribution in [3.05, 3.63) is 0 Å². The Hall–Kier alpha value is -0.650. The molecular formula is C10H23N3O2. The summed E-state index contributed by atoms with van der Waals surface area (Å²) in [5.41, 5.74) is 11.0. The molecule has 5 heteroatoms. The zero-order valence-corrected chi connectivity index (χ0v) is 9.50. The quantitative estimate of drug-likeness (QED) is 0.458. The number of unbranched alkanes of at least 4 members (excludes halogenated alkanes) is 1. The zero-order chi connectivity index (χ0) is 11.5. The van der Waals surface area contributed by atoms with Gasteiger partial charge < -0.3 is 21.5 Å². The van der Waals surface area contributed by atoms with Crippen LogP contribution < -0.4 is 16.8 Å². The lowest BCUT2D eigenvalue weighted by molar-refractivity contribution is -0.122. The number of nitrogens with two attached hydrogens (primary N) is 2. The van der Waals surface area contributed by atoms with Gasteiger partial charge in [-0.2, -0.15) is 0 Å². The highest BCUT2D eigenvalue weighted by molar-refractivity contribution is 5.81. The van der Waals surface area contributed by atoms with Crippen LogP contribution in [0.15, 0.2) is 0 Å². The molecule has 0 bridgehead atoms. The molecule has 5 nitrogen and oxygen atoms in total. The Balaban J connectivity index is 3.42. The molecule has 1 atom stereocenters. The van der Waals surface area contributed by atoms with Crippen molar-refractivity contribution in [3.8, 4) is 0 Å². The summed E-state index contributed by atoms with van der Waals surface area (Å²) in [6, 6.07) is -0.418. The van der Waals surface area contributed by atoms with Gasteiger partial charge in [0.15, 0.2) is 0 Å². The fourth-order valence-electron chi connectivity index (χ4n) is 1.19. The van der Waals surface area contributed by atoms with Gasteiger partial charge in [-0.25, -0.2) is 0 Å². The molecule has 0 saturated carbocycles. The summed E-state index contributed by atoms with van der Waals surface area (Å²) in [4.78, 5) is 11.4. The van der Waals surface area contributed by atoms with E-state index < -0.39 is 6.04 Å². The van der Waals surface area contributed by atoms with Crippen molar-refractivity contribution in [1.29, 1.82) is 0 Å². The molecule has 1 unspecified atom stereocenters. The van der Waals surface area contributed by atoms with Crippen LogP contribution in [0.25, 0.3) is 0 Å². The van der Waals surface area contributed by atoms with Crippen LogP contribution in [0.1, 0.15) is 25.7 Å². The van der Waals surface area contributed by atoms with E-state index in [-0.39, 0.29) is 5.91 Å². The number of hydrogen-bond acceptors (Lipinski definition) is 4. The highest BCUT2D eigenvalue weighted by atomic mass is 16.5. The van der Waals surface area contributed by atoms with Gasteiger partial charge in [-0.1, -0.05) is 0 Å². The van der Waals surface area contributed by atoms with Gasteiger partial charge in [0, 0.05) is 20.3 Å². The summed E-state index contributed by atoms with van der Waals surface area (Å²) in [7, 11) is 1.64. The lowest BCUT2D eigenvalue weighted by Crippen LogP contribution is -2.41. The minimum absolute atomic E-state index is 0.0804. The first kappa shape index (κ1) is 14.3. The van der Waals surface area contributed by atoms with E-state index in [9.17, 15) is 4.79 Å². The summed E-state index contributed by atoms with van der Waals surface area (Å²) >= 11 is 0. The average molecular weight is 217 g/mol. The maximum atomic E-state index is 11.4. The molecule has 0 saturated heterocycles. The molecule has 0 aliphatic rings. The lowest BCUT2D eigenvalue weighted by atomic mass is 10.1. The molecule has 0 aromatic carbocycles. The number of nitrogens with one attached hydrogen (secondary N) is 1. The zero-order valence-electron chi connectivity index (χ0n) is 9.50. The number of carbonyl (C=O) groups is 1. The van der Waals surface area contributed by atoms with E-state index in [2.05, 4.69) is 5.32 Å². The molecule has 0 aliphatic carbocycles. The Kier molecular flexibility index (Phi) is 9.46. The Bertz CT molecular complexity index is 165. The van der Waals surface area contributed by atoms with Gasteiger partial charge in [-0.05, 0) is 32.2 Å². The maximum Gasteiger partial charge on any atom is 0.236 e. The fraction of sp³-hybridized carbons (Fsp3) is 0.900. The summed E-state index contributed by atoms with van der Waals surface area (Å²) in [6.45, 7) is 1.97. The Morgan fingerprint density at radius 1 is 1.40 bits per heavy atom. The van der Waals surface area contributed by atoms with Crippen molar-refractivity contribution in [2.75, 3.05) is 26.8 Å². The Labute approximate surface area is 91.5 Å². The van der Waals surface area contributed by atoms with Crippen LogP contribution in [0.2, 0.25) is 0 Å². The van der Waals surface area contributed by atoms with Crippen LogP contribution >= 0.6 is 0 Å². The van der Waals surface area contributed by atoms with Gasteiger partial charge in [0.25, 0.3) is 0 Å². The Morgan fingerprint density at radius 2 is 2.13 bits per heavy atom. The van der Waals surface area contributed by atoms with Gasteiger partial charge in [0.05, 0.1) is 6.04 Å². The number of hydrogen-bond donors (Lipinski definition) is 3. The van der Waals surface area contributed by atoms with Crippen molar-refractivity contribution in [2.45, 2.75) is 31.7 Å². The molecule has 0 aromatic heterocycles. The van der Waals surface area contributed by atoms with Gasteiger partial charge >= 0.3 is 0 Å². The first-order valence-corrected chi connectivity index (χ1v) is 5.44. The predicted octanol–water partition coefficient (Wildman–Crippen LogP) is -0.405. The van der Waals surface area contributed by atoms with Gasteiger partial charge in [-0.15, -0.1) is 0 Å². The summed E-state index contributed by atoms with van der Waals surface area (Å²) in [5.74, 6) is -0.0804. The van der Waals surface area contributed by atoms with E-state index in [1.165, 1.54) is 0 Å². The maximum absolute atomic E-state index is 11.4. The molecule has 0 aromatic rings. The lowest BCUT2D eigenvalue weighted by Gasteiger charge is -2.11. The van der Waals surface area contributed by atoms with E-state index in [1.54, 1.807) is 7.11 Å². The van der Waals surface area contributed by atoms with E-state index >= 15 is 0 Å². The molecule has 0 spiro atoms. The molecule has 1 amide bonds. The average Bonchev–Trinajstić information content (AvgIpc) is 2.24. The monoisotopic (exact) mass is 217 g/mol. The minimum atomic E-state index is -0.418. The van der Waals surface area contributed by atoms with Crippen LogP contribution in [-0.4, -0.2) is 38.8 Å². The second-order valence-corrected chi connectivity index (χ2v) is 3.53.